The highest BCUT2D eigenvalue weighted by Gasteiger charge is 2.27. The number of ether oxygens (including phenoxy) is 1. The molecular weight excluding hydrogens is 118 g/mol. The van der Waals surface area contributed by atoms with Crippen molar-refractivity contribution >= 4 is 6.09 Å². The molecule has 3 heteroatoms. The molecule has 1 rings (SSSR count). The van der Waals surface area contributed by atoms with Crippen molar-refractivity contribution in [3.63, 3.8) is 0 Å². The molecule has 0 heterocycles. The molecule has 1 fully saturated rings. The smallest absolute Gasteiger partial charge is 0.404 e. The lowest BCUT2D eigenvalue weighted by Gasteiger charge is -2.31. The van der Waals surface area contributed by atoms with Crippen molar-refractivity contribution in [3.8, 4) is 0 Å². The highest BCUT2D eigenvalue weighted by atomic mass is 16.6. The van der Waals surface area contributed by atoms with Crippen LogP contribution in [0.25, 0.3) is 0 Å². The summed E-state index contributed by atoms with van der Waals surface area (Å²) in [6, 6.07) is 0. The molecule has 0 radical (unpaired) electrons. The lowest BCUT2D eigenvalue weighted by molar-refractivity contribution is 0.0285. The fraction of sp³-hybridized carbons (Fsp3) is 0.833. The van der Waals surface area contributed by atoms with Crippen LogP contribution in [0.3, 0.4) is 0 Å². The van der Waals surface area contributed by atoms with Gasteiger partial charge in [-0.25, -0.2) is 4.79 Å². The Bertz CT molecular complexity index is 118. The van der Waals surface area contributed by atoms with E-state index in [9.17, 15) is 4.79 Å². The van der Waals surface area contributed by atoms with E-state index in [0.29, 0.717) is 5.92 Å². The van der Waals surface area contributed by atoms with E-state index in [2.05, 4.69) is 6.92 Å². The Kier molecular flexibility index (Phi) is 1.60. The first-order valence-corrected chi connectivity index (χ1v) is 3.14. The zero-order valence-electron chi connectivity index (χ0n) is 5.46. The summed E-state index contributed by atoms with van der Waals surface area (Å²) < 4.78 is 4.70. The maximum absolute atomic E-state index is 10.1. The summed E-state index contributed by atoms with van der Waals surface area (Å²) in [6.07, 6.45) is 1.41. The predicted octanol–water partition coefficient (Wildman–Crippen LogP) is 0.880. The number of rotatable bonds is 1. The Morgan fingerprint density at radius 2 is 2.22 bits per heavy atom. The summed E-state index contributed by atoms with van der Waals surface area (Å²) in [7, 11) is 0. The molecule has 0 aromatic heterocycles. The molecular formula is C6H11NO2. The monoisotopic (exact) mass is 129 g/mol. The van der Waals surface area contributed by atoms with Gasteiger partial charge in [0, 0.05) is 0 Å². The minimum atomic E-state index is -0.646. The van der Waals surface area contributed by atoms with Crippen molar-refractivity contribution in [3.05, 3.63) is 0 Å². The predicted molar refractivity (Wildman–Crippen MR) is 32.9 cm³/mol. The molecule has 0 unspecified atom stereocenters. The van der Waals surface area contributed by atoms with E-state index in [1.54, 1.807) is 0 Å². The van der Waals surface area contributed by atoms with Crippen LogP contribution in [0, 0.1) is 5.92 Å². The topological polar surface area (TPSA) is 52.3 Å². The molecule has 0 saturated heterocycles. The van der Waals surface area contributed by atoms with Gasteiger partial charge < -0.3 is 10.5 Å². The first-order chi connectivity index (χ1) is 4.18. The average molecular weight is 129 g/mol. The van der Waals surface area contributed by atoms with Gasteiger partial charge in [0.1, 0.15) is 6.10 Å². The van der Waals surface area contributed by atoms with Crippen molar-refractivity contribution < 1.29 is 9.53 Å². The van der Waals surface area contributed by atoms with E-state index < -0.39 is 6.09 Å². The first kappa shape index (κ1) is 6.39. The normalized spacial score (nSPS) is 33.0. The maximum atomic E-state index is 10.1. The van der Waals surface area contributed by atoms with E-state index in [0.717, 1.165) is 12.8 Å². The largest absolute Gasteiger partial charge is 0.446 e. The second kappa shape index (κ2) is 2.25. The molecule has 0 aromatic rings. The Labute approximate surface area is 54.2 Å². The standard InChI is InChI=1S/C6H11NO2/c1-4-2-5(3-4)9-6(7)8/h4-5H,2-3H2,1H3,(H2,7,8). The lowest BCUT2D eigenvalue weighted by atomic mass is 9.84. The molecule has 0 spiro atoms. The van der Waals surface area contributed by atoms with Crippen molar-refractivity contribution in [1.29, 1.82) is 0 Å². The summed E-state index contributed by atoms with van der Waals surface area (Å²) in [5.74, 6) is 0.703. The van der Waals surface area contributed by atoms with Crippen molar-refractivity contribution in [2.24, 2.45) is 11.7 Å². The van der Waals surface area contributed by atoms with E-state index >= 15 is 0 Å². The molecule has 1 amide bonds. The van der Waals surface area contributed by atoms with Crippen LogP contribution in [0.2, 0.25) is 0 Å². The number of hydrogen-bond acceptors (Lipinski definition) is 2. The van der Waals surface area contributed by atoms with Crippen molar-refractivity contribution in [1.82, 2.24) is 0 Å². The first-order valence-electron chi connectivity index (χ1n) is 3.14. The van der Waals surface area contributed by atoms with Gasteiger partial charge in [-0.15, -0.1) is 0 Å². The highest BCUT2D eigenvalue weighted by molar-refractivity contribution is 5.64. The fourth-order valence-electron chi connectivity index (χ4n) is 1.09. The number of nitrogens with two attached hydrogens (primary N) is 1. The van der Waals surface area contributed by atoms with E-state index in [4.69, 9.17) is 10.5 Å². The number of primary amides is 1. The quantitative estimate of drug-likeness (QED) is 0.571. The summed E-state index contributed by atoms with van der Waals surface area (Å²) in [6.45, 7) is 2.13. The van der Waals surface area contributed by atoms with Crippen molar-refractivity contribution in [2.75, 3.05) is 0 Å². The number of carbonyl (C=O) groups excluding carboxylic acids is 1. The summed E-state index contributed by atoms with van der Waals surface area (Å²) in [4.78, 5) is 10.1. The van der Waals surface area contributed by atoms with Crippen LogP contribution in [-0.4, -0.2) is 12.2 Å². The zero-order valence-corrected chi connectivity index (χ0v) is 5.46. The van der Waals surface area contributed by atoms with Crippen LogP contribution in [0.1, 0.15) is 19.8 Å². The number of carbonyl (C=O) groups is 1. The molecule has 0 aliphatic heterocycles. The SMILES string of the molecule is CC1CC(OC(N)=O)C1. The molecule has 1 aliphatic carbocycles. The second-order valence-electron chi connectivity index (χ2n) is 2.64. The van der Waals surface area contributed by atoms with E-state index in [1.807, 2.05) is 0 Å². The maximum Gasteiger partial charge on any atom is 0.404 e. The van der Waals surface area contributed by atoms with Gasteiger partial charge in [-0.2, -0.15) is 0 Å². The fourth-order valence-corrected chi connectivity index (χ4v) is 1.09. The molecule has 3 nitrogen and oxygen atoms in total. The van der Waals surface area contributed by atoms with Crippen LogP contribution in [0.4, 0.5) is 4.79 Å². The molecule has 0 atom stereocenters. The second-order valence-corrected chi connectivity index (χ2v) is 2.64. The van der Waals surface area contributed by atoms with Crippen LogP contribution >= 0.6 is 0 Å². The summed E-state index contributed by atoms with van der Waals surface area (Å²) >= 11 is 0. The third-order valence-corrected chi connectivity index (χ3v) is 1.61. The van der Waals surface area contributed by atoms with Crippen LogP contribution in [-0.2, 0) is 4.74 Å². The van der Waals surface area contributed by atoms with Gasteiger partial charge in [0.05, 0.1) is 0 Å². The molecule has 0 aromatic carbocycles. The van der Waals surface area contributed by atoms with Crippen LogP contribution < -0.4 is 5.73 Å². The minimum absolute atomic E-state index is 0.109. The van der Waals surface area contributed by atoms with Gasteiger partial charge in [-0.1, -0.05) is 6.92 Å². The van der Waals surface area contributed by atoms with Crippen LogP contribution in [0.5, 0.6) is 0 Å². The third-order valence-electron chi connectivity index (χ3n) is 1.61. The number of amides is 1. The third kappa shape index (κ3) is 1.59. The van der Waals surface area contributed by atoms with Crippen molar-refractivity contribution in [2.45, 2.75) is 25.9 Å². The van der Waals surface area contributed by atoms with Gasteiger partial charge in [-0.3, -0.25) is 0 Å². The highest BCUT2D eigenvalue weighted by Crippen LogP contribution is 2.28. The number of hydrogen-bond donors (Lipinski definition) is 1. The lowest BCUT2D eigenvalue weighted by Crippen LogP contribution is -2.33. The average Bonchev–Trinajstić information content (AvgIpc) is 1.60. The Morgan fingerprint density at radius 3 is 2.56 bits per heavy atom. The summed E-state index contributed by atoms with van der Waals surface area (Å²) in [5, 5.41) is 0. The molecule has 1 saturated carbocycles. The van der Waals surface area contributed by atoms with E-state index in [-0.39, 0.29) is 6.10 Å². The molecule has 1 aliphatic rings. The molecule has 52 valence electrons. The van der Waals surface area contributed by atoms with Crippen LogP contribution in [0.15, 0.2) is 0 Å². The van der Waals surface area contributed by atoms with Gasteiger partial charge in [0.15, 0.2) is 0 Å². The molecule has 0 bridgehead atoms. The zero-order chi connectivity index (χ0) is 6.85. The minimum Gasteiger partial charge on any atom is -0.446 e. The molecule has 9 heavy (non-hydrogen) atoms. The van der Waals surface area contributed by atoms with E-state index in [1.165, 1.54) is 0 Å². The Morgan fingerprint density at radius 1 is 1.67 bits per heavy atom. The van der Waals surface area contributed by atoms with Gasteiger partial charge in [0.2, 0.25) is 0 Å². The van der Waals surface area contributed by atoms with Gasteiger partial charge in [0.25, 0.3) is 0 Å². The molecule has 2 N–H and O–H groups in total. The Hall–Kier alpha value is -0.730. The van der Waals surface area contributed by atoms with Gasteiger partial charge in [-0.05, 0) is 18.8 Å². The summed E-state index contributed by atoms with van der Waals surface area (Å²) in [5.41, 5.74) is 4.79. The Balaban J connectivity index is 2.11. The van der Waals surface area contributed by atoms with Gasteiger partial charge >= 0.3 is 6.09 Å².